The second kappa shape index (κ2) is 5.72. The van der Waals surface area contributed by atoms with Crippen LogP contribution in [0.3, 0.4) is 0 Å². The maximum Gasteiger partial charge on any atom is 0.534 e. The summed E-state index contributed by atoms with van der Waals surface area (Å²) in [7, 11) is 0.204. The molecule has 0 saturated heterocycles. The molecule has 1 rings (SSSR count). The lowest BCUT2D eigenvalue weighted by atomic mass is 9.83. The highest BCUT2D eigenvalue weighted by Gasteiger charge is 2.17. The monoisotopic (exact) mass is 182 g/mol. The van der Waals surface area contributed by atoms with Gasteiger partial charge in [-0.3, -0.25) is 4.32 Å². The molecule has 13 heavy (non-hydrogen) atoms. The fourth-order valence-corrected chi connectivity index (χ4v) is 0.935. The van der Waals surface area contributed by atoms with Gasteiger partial charge in [0.1, 0.15) is 0 Å². The third-order valence-corrected chi connectivity index (χ3v) is 1.61. The number of rotatable bonds is 5. The van der Waals surface area contributed by atoms with Gasteiger partial charge in [-0.25, -0.2) is 0 Å². The number of methoxy groups -OCH3 is 1. The first-order chi connectivity index (χ1) is 6.34. The van der Waals surface area contributed by atoms with Gasteiger partial charge in [0.15, 0.2) is 0 Å². The first-order valence-corrected chi connectivity index (χ1v) is 4.14. The Labute approximate surface area is 77.8 Å². The molecule has 0 aromatic heterocycles. The Morgan fingerprint density at radius 1 is 1.23 bits per heavy atom. The predicted octanol–water partition coefficient (Wildman–Crippen LogP) is 1.01. The largest absolute Gasteiger partial charge is 0.534 e. The summed E-state index contributed by atoms with van der Waals surface area (Å²) < 4.78 is 22.8. The molecule has 0 N–H and O–H groups in total. The molecule has 0 aliphatic carbocycles. The summed E-state index contributed by atoms with van der Waals surface area (Å²) in [5, 5.41) is 0. The van der Waals surface area contributed by atoms with Crippen molar-refractivity contribution in [1.82, 2.24) is 0 Å². The van der Waals surface area contributed by atoms with Crippen LogP contribution in [0, 0.1) is 0 Å². The van der Waals surface area contributed by atoms with Crippen LogP contribution in [0.25, 0.3) is 0 Å². The molecular formula is C9H12BFO2. The zero-order valence-electron chi connectivity index (χ0n) is 7.57. The number of hydrogen-bond acceptors (Lipinski definition) is 2. The van der Waals surface area contributed by atoms with Crippen molar-refractivity contribution in [2.45, 2.75) is 0 Å². The molecule has 0 aliphatic rings. The van der Waals surface area contributed by atoms with E-state index in [1.165, 1.54) is 0 Å². The van der Waals surface area contributed by atoms with Gasteiger partial charge in [0.25, 0.3) is 0 Å². The number of hydrogen-bond donors (Lipinski definition) is 0. The molecule has 70 valence electrons. The summed E-state index contributed by atoms with van der Waals surface area (Å²) in [6, 6.07) is 8.78. The molecule has 0 aliphatic heterocycles. The van der Waals surface area contributed by atoms with Gasteiger partial charge in [0, 0.05) is 7.11 Å². The molecular weight excluding hydrogens is 170 g/mol. The van der Waals surface area contributed by atoms with E-state index in [0.29, 0.717) is 12.1 Å². The summed E-state index contributed by atoms with van der Waals surface area (Å²) in [5.74, 6) is 0. The van der Waals surface area contributed by atoms with Crippen LogP contribution in [0.4, 0.5) is 4.32 Å². The molecule has 2 nitrogen and oxygen atoms in total. The Hall–Kier alpha value is -0.865. The smallest absolute Gasteiger partial charge is 0.402 e. The van der Waals surface area contributed by atoms with Crippen LogP contribution < -0.4 is 5.46 Å². The second-order valence-electron chi connectivity index (χ2n) is 2.59. The zero-order valence-corrected chi connectivity index (χ0v) is 7.57. The van der Waals surface area contributed by atoms with Crippen LogP contribution in [0.1, 0.15) is 0 Å². The van der Waals surface area contributed by atoms with Crippen LogP contribution in [-0.2, 0) is 9.39 Å². The lowest BCUT2D eigenvalue weighted by Crippen LogP contribution is -2.30. The van der Waals surface area contributed by atoms with Crippen molar-refractivity contribution in [2.24, 2.45) is 0 Å². The molecule has 0 radical (unpaired) electrons. The van der Waals surface area contributed by atoms with E-state index in [4.69, 9.17) is 9.39 Å². The minimum absolute atomic E-state index is 0.270. The van der Waals surface area contributed by atoms with E-state index in [-0.39, 0.29) is 6.61 Å². The van der Waals surface area contributed by atoms with Crippen LogP contribution in [-0.4, -0.2) is 27.5 Å². The van der Waals surface area contributed by atoms with Crippen LogP contribution in [0.5, 0.6) is 0 Å². The van der Waals surface area contributed by atoms with E-state index in [9.17, 15) is 4.32 Å². The van der Waals surface area contributed by atoms with E-state index in [1.807, 2.05) is 6.07 Å². The van der Waals surface area contributed by atoms with Crippen LogP contribution in [0.15, 0.2) is 30.3 Å². The second-order valence-corrected chi connectivity index (χ2v) is 2.59. The van der Waals surface area contributed by atoms with Crippen molar-refractivity contribution >= 4 is 12.7 Å². The Morgan fingerprint density at radius 3 is 2.54 bits per heavy atom. The van der Waals surface area contributed by atoms with Gasteiger partial charge in [0.2, 0.25) is 0 Å². The normalized spacial score (nSPS) is 10.0. The fraction of sp³-hybridized carbons (Fsp3) is 0.333. The molecule has 0 heterocycles. The minimum atomic E-state index is -1.35. The summed E-state index contributed by atoms with van der Waals surface area (Å²) >= 11 is 0. The quantitative estimate of drug-likeness (QED) is 0.499. The van der Waals surface area contributed by atoms with Crippen LogP contribution in [0.2, 0.25) is 0 Å². The van der Waals surface area contributed by atoms with E-state index < -0.39 is 7.19 Å². The van der Waals surface area contributed by atoms with Crippen LogP contribution >= 0.6 is 0 Å². The van der Waals surface area contributed by atoms with E-state index in [2.05, 4.69) is 0 Å². The Balaban J connectivity index is 2.35. The number of halogens is 1. The van der Waals surface area contributed by atoms with Crippen molar-refractivity contribution < 1.29 is 13.7 Å². The lowest BCUT2D eigenvalue weighted by molar-refractivity contribution is 0.142. The maximum atomic E-state index is 13.2. The summed E-state index contributed by atoms with van der Waals surface area (Å²) in [4.78, 5) is 0. The highest BCUT2D eigenvalue weighted by Crippen LogP contribution is 1.91. The molecule has 0 atom stereocenters. The first-order valence-electron chi connectivity index (χ1n) is 4.14. The van der Waals surface area contributed by atoms with Gasteiger partial charge in [-0.2, -0.15) is 0 Å². The SMILES string of the molecule is COCCOB(F)c1ccccc1. The van der Waals surface area contributed by atoms with Gasteiger partial charge in [0.05, 0.1) is 13.2 Å². The van der Waals surface area contributed by atoms with Crippen molar-refractivity contribution in [3.8, 4) is 0 Å². The number of ether oxygens (including phenoxy) is 1. The maximum absolute atomic E-state index is 13.2. The molecule has 0 spiro atoms. The Bertz CT molecular complexity index is 230. The van der Waals surface area contributed by atoms with E-state index in [0.717, 1.165) is 0 Å². The third-order valence-electron chi connectivity index (χ3n) is 1.61. The Morgan fingerprint density at radius 2 is 1.92 bits per heavy atom. The summed E-state index contributed by atoms with van der Waals surface area (Å²) in [5.41, 5.74) is 0.540. The molecule has 4 heteroatoms. The standard InChI is InChI=1S/C9H12BFO2/c1-12-7-8-13-10(11)9-5-3-2-4-6-9/h2-6H,7-8H2,1H3. The van der Waals surface area contributed by atoms with Crippen molar-refractivity contribution in [3.05, 3.63) is 30.3 Å². The van der Waals surface area contributed by atoms with Crippen molar-refractivity contribution in [3.63, 3.8) is 0 Å². The van der Waals surface area contributed by atoms with Gasteiger partial charge >= 0.3 is 7.19 Å². The van der Waals surface area contributed by atoms with Crippen molar-refractivity contribution in [1.29, 1.82) is 0 Å². The fourth-order valence-electron chi connectivity index (χ4n) is 0.935. The topological polar surface area (TPSA) is 18.5 Å². The van der Waals surface area contributed by atoms with Crippen molar-refractivity contribution in [2.75, 3.05) is 20.3 Å². The Kier molecular flexibility index (Phi) is 4.50. The first kappa shape index (κ1) is 10.2. The van der Waals surface area contributed by atoms with Gasteiger partial charge in [-0.15, -0.1) is 0 Å². The summed E-state index contributed by atoms with van der Waals surface area (Å²) in [6.45, 7) is 0.680. The van der Waals surface area contributed by atoms with Gasteiger partial charge in [-0.1, -0.05) is 30.3 Å². The molecule has 0 saturated carbocycles. The lowest BCUT2D eigenvalue weighted by Gasteiger charge is -2.05. The molecule has 0 bridgehead atoms. The molecule has 0 fully saturated rings. The summed E-state index contributed by atoms with van der Waals surface area (Å²) in [6.07, 6.45) is 0. The predicted molar refractivity (Wildman–Crippen MR) is 50.8 cm³/mol. The molecule has 1 aromatic rings. The third kappa shape index (κ3) is 3.57. The average molecular weight is 182 g/mol. The highest BCUT2D eigenvalue weighted by molar-refractivity contribution is 6.60. The van der Waals surface area contributed by atoms with E-state index in [1.54, 1.807) is 31.4 Å². The zero-order chi connectivity index (χ0) is 9.52. The molecule has 0 unspecified atom stereocenters. The molecule has 0 amide bonds. The number of benzene rings is 1. The van der Waals surface area contributed by atoms with E-state index >= 15 is 0 Å². The minimum Gasteiger partial charge on any atom is -0.402 e. The van der Waals surface area contributed by atoms with Gasteiger partial charge < -0.3 is 9.39 Å². The highest BCUT2D eigenvalue weighted by atomic mass is 19.1. The molecule has 1 aromatic carbocycles. The average Bonchev–Trinajstić information content (AvgIpc) is 2.19. The van der Waals surface area contributed by atoms with Gasteiger partial charge in [-0.05, 0) is 5.46 Å².